The molecule has 0 spiro atoms. The van der Waals surface area contributed by atoms with Gasteiger partial charge in [-0.1, -0.05) is 17.7 Å². The third-order valence-electron chi connectivity index (χ3n) is 3.07. The van der Waals surface area contributed by atoms with Gasteiger partial charge in [-0.15, -0.1) is 0 Å². The molecule has 0 saturated carbocycles. The lowest BCUT2D eigenvalue weighted by molar-refractivity contribution is -0.165. The van der Waals surface area contributed by atoms with Gasteiger partial charge in [0.1, 0.15) is 12.4 Å². The van der Waals surface area contributed by atoms with E-state index in [1.807, 2.05) is 11.8 Å². The van der Waals surface area contributed by atoms with Gasteiger partial charge in [0.2, 0.25) is 0 Å². The van der Waals surface area contributed by atoms with Crippen LogP contribution in [0, 0.1) is 5.82 Å². The first-order valence-electron chi connectivity index (χ1n) is 5.90. The van der Waals surface area contributed by atoms with Gasteiger partial charge in [-0.25, -0.2) is 9.18 Å². The van der Waals surface area contributed by atoms with E-state index in [1.165, 1.54) is 6.07 Å². The van der Waals surface area contributed by atoms with Crippen LogP contribution in [0.3, 0.4) is 0 Å². The molecular formula is C13H15ClFNO3. The van der Waals surface area contributed by atoms with Crippen LogP contribution in [0.1, 0.15) is 12.5 Å². The van der Waals surface area contributed by atoms with E-state index >= 15 is 0 Å². The van der Waals surface area contributed by atoms with Gasteiger partial charge in [-0.2, -0.15) is 0 Å². The number of hydrogen-bond donors (Lipinski definition) is 1. The molecule has 2 rings (SSSR count). The first-order chi connectivity index (χ1) is 8.88. The molecule has 0 atom stereocenters. The average molecular weight is 288 g/mol. The van der Waals surface area contributed by atoms with Crippen molar-refractivity contribution < 1.29 is 19.0 Å². The first kappa shape index (κ1) is 14.2. The average Bonchev–Trinajstić information content (AvgIpc) is 2.28. The number of carboxylic acid groups (broad SMARTS) is 1. The Balaban J connectivity index is 1.85. The highest BCUT2D eigenvalue weighted by Gasteiger charge is 2.40. The fourth-order valence-corrected chi connectivity index (χ4v) is 2.39. The molecule has 0 radical (unpaired) electrons. The standard InChI is InChI=1S/C13H15ClFNO3/c1-13(19-6-12(17)18)7-16(8-13)5-9-2-3-10(14)4-11(9)15/h2-4H,5-8H2,1H3,(H,17,18). The highest BCUT2D eigenvalue weighted by atomic mass is 35.5. The minimum atomic E-state index is -0.983. The number of likely N-dealkylation sites (tertiary alicyclic amines) is 1. The summed E-state index contributed by atoms with van der Waals surface area (Å²) in [6, 6.07) is 4.60. The summed E-state index contributed by atoms with van der Waals surface area (Å²) in [5.74, 6) is -1.31. The summed E-state index contributed by atoms with van der Waals surface area (Å²) < 4.78 is 18.9. The van der Waals surface area contributed by atoms with Crippen LogP contribution in [0.4, 0.5) is 4.39 Å². The van der Waals surface area contributed by atoms with Crippen molar-refractivity contribution >= 4 is 17.6 Å². The second-order valence-electron chi connectivity index (χ2n) is 5.01. The molecule has 0 aliphatic carbocycles. The zero-order valence-electron chi connectivity index (χ0n) is 10.5. The van der Waals surface area contributed by atoms with Crippen LogP contribution >= 0.6 is 11.6 Å². The topological polar surface area (TPSA) is 49.8 Å². The zero-order valence-corrected chi connectivity index (χ0v) is 11.3. The van der Waals surface area contributed by atoms with Crippen LogP contribution in [0.5, 0.6) is 0 Å². The van der Waals surface area contributed by atoms with Crippen LogP contribution in [0.25, 0.3) is 0 Å². The molecule has 1 aliphatic rings. The maximum Gasteiger partial charge on any atom is 0.329 e. The molecule has 1 aliphatic heterocycles. The number of carboxylic acids is 1. The number of hydrogen-bond acceptors (Lipinski definition) is 3. The van der Waals surface area contributed by atoms with E-state index in [0.29, 0.717) is 30.2 Å². The van der Waals surface area contributed by atoms with Crippen molar-refractivity contribution in [1.29, 1.82) is 0 Å². The van der Waals surface area contributed by atoms with Gasteiger partial charge in [-0.3, -0.25) is 4.90 Å². The van der Waals surface area contributed by atoms with Crippen molar-refractivity contribution in [2.45, 2.75) is 19.1 Å². The fraction of sp³-hybridized carbons (Fsp3) is 0.462. The van der Waals surface area contributed by atoms with E-state index in [9.17, 15) is 9.18 Å². The first-order valence-corrected chi connectivity index (χ1v) is 6.28. The Labute approximate surface area is 115 Å². The summed E-state index contributed by atoms with van der Waals surface area (Å²) in [5.41, 5.74) is 0.117. The van der Waals surface area contributed by atoms with E-state index < -0.39 is 11.6 Å². The lowest BCUT2D eigenvalue weighted by atomic mass is 9.95. The molecule has 1 fully saturated rings. The summed E-state index contributed by atoms with van der Waals surface area (Å²) in [6.45, 7) is 3.18. The molecule has 1 saturated heterocycles. The van der Waals surface area contributed by atoms with Crippen molar-refractivity contribution in [3.8, 4) is 0 Å². The van der Waals surface area contributed by atoms with Gasteiger partial charge in [0.25, 0.3) is 0 Å². The van der Waals surface area contributed by atoms with E-state index in [1.54, 1.807) is 12.1 Å². The Morgan fingerprint density at radius 3 is 2.84 bits per heavy atom. The molecule has 0 bridgehead atoms. The van der Waals surface area contributed by atoms with Gasteiger partial charge < -0.3 is 9.84 Å². The monoisotopic (exact) mass is 287 g/mol. The molecule has 4 nitrogen and oxygen atoms in total. The maximum absolute atomic E-state index is 13.6. The maximum atomic E-state index is 13.6. The fourth-order valence-electron chi connectivity index (χ4n) is 2.23. The largest absolute Gasteiger partial charge is 0.480 e. The lowest BCUT2D eigenvalue weighted by Gasteiger charge is -2.47. The Bertz CT molecular complexity index is 489. The minimum absolute atomic E-state index is 0.306. The zero-order chi connectivity index (χ0) is 14.0. The highest BCUT2D eigenvalue weighted by Crippen LogP contribution is 2.27. The Morgan fingerprint density at radius 2 is 2.26 bits per heavy atom. The van der Waals surface area contributed by atoms with Crippen molar-refractivity contribution in [2.24, 2.45) is 0 Å². The van der Waals surface area contributed by atoms with E-state index in [-0.39, 0.29) is 12.4 Å². The molecule has 1 heterocycles. The van der Waals surface area contributed by atoms with Crippen LogP contribution in [0.15, 0.2) is 18.2 Å². The molecular weight excluding hydrogens is 273 g/mol. The molecule has 0 aromatic heterocycles. The quantitative estimate of drug-likeness (QED) is 0.901. The number of aliphatic carboxylic acids is 1. The summed E-state index contributed by atoms with van der Waals surface area (Å²) in [6.07, 6.45) is 0. The van der Waals surface area contributed by atoms with Gasteiger partial charge in [-0.05, 0) is 19.1 Å². The van der Waals surface area contributed by atoms with Crippen LogP contribution in [-0.2, 0) is 16.1 Å². The predicted molar refractivity (Wildman–Crippen MR) is 68.7 cm³/mol. The molecule has 104 valence electrons. The highest BCUT2D eigenvalue weighted by molar-refractivity contribution is 6.30. The third-order valence-corrected chi connectivity index (χ3v) is 3.30. The number of nitrogens with zero attached hydrogens (tertiary/aromatic N) is 1. The van der Waals surface area contributed by atoms with Crippen LogP contribution < -0.4 is 0 Å². The van der Waals surface area contributed by atoms with Crippen molar-refractivity contribution in [3.05, 3.63) is 34.6 Å². The number of carbonyl (C=O) groups is 1. The summed E-state index contributed by atoms with van der Waals surface area (Å²) >= 11 is 5.69. The summed E-state index contributed by atoms with van der Waals surface area (Å²) in [5, 5.41) is 8.93. The molecule has 1 N–H and O–H groups in total. The van der Waals surface area contributed by atoms with Gasteiger partial charge in [0.05, 0.1) is 5.60 Å². The Morgan fingerprint density at radius 1 is 1.58 bits per heavy atom. The smallest absolute Gasteiger partial charge is 0.329 e. The normalized spacial score (nSPS) is 18.1. The Kier molecular flexibility index (Phi) is 4.08. The molecule has 19 heavy (non-hydrogen) atoms. The van der Waals surface area contributed by atoms with Gasteiger partial charge in [0.15, 0.2) is 0 Å². The van der Waals surface area contributed by atoms with E-state index in [4.69, 9.17) is 21.4 Å². The lowest BCUT2D eigenvalue weighted by Crippen LogP contribution is -2.61. The molecule has 0 unspecified atom stereocenters. The Hall–Kier alpha value is -1.17. The van der Waals surface area contributed by atoms with Crippen molar-refractivity contribution in [1.82, 2.24) is 4.90 Å². The minimum Gasteiger partial charge on any atom is -0.480 e. The second kappa shape index (κ2) is 5.45. The van der Waals surface area contributed by atoms with E-state index in [2.05, 4.69) is 0 Å². The number of halogens is 2. The molecule has 1 aromatic rings. The van der Waals surface area contributed by atoms with E-state index in [0.717, 1.165) is 0 Å². The molecule has 0 amide bonds. The second-order valence-corrected chi connectivity index (χ2v) is 5.45. The molecule has 1 aromatic carbocycles. The predicted octanol–water partition coefficient (Wildman–Crippen LogP) is 2.15. The van der Waals surface area contributed by atoms with Crippen molar-refractivity contribution in [2.75, 3.05) is 19.7 Å². The molecule has 6 heteroatoms. The van der Waals surface area contributed by atoms with Gasteiger partial charge in [0, 0.05) is 30.2 Å². The summed E-state index contributed by atoms with van der Waals surface area (Å²) in [4.78, 5) is 12.4. The number of benzene rings is 1. The van der Waals surface area contributed by atoms with Gasteiger partial charge >= 0.3 is 5.97 Å². The third kappa shape index (κ3) is 3.65. The summed E-state index contributed by atoms with van der Waals surface area (Å²) in [7, 11) is 0. The van der Waals surface area contributed by atoms with Crippen LogP contribution in [0.2, 0.25) is 5.02 Å². The number of rotatable bonds is 5. The van der Waals surface area contributed by atoms with Crippen LogP contribution in [-0.4, -0.2) is 41.3 Å². The SMILES string of the molecule is CC1(OCC(=O)O)CN(Cc2ccc(Cl)cc2F)C1. The number of ether oxygens (including phenoxy) is 1. The van der Waals surface area contributed by atoms with Crippen molar-refractivity contribution in [3.63, 3.8) is 0 Å².